The summed E-state index contributed by atoms with van der Waals surface area (Å²) >= 11 is 0. The molecule has 0 atom stereocenters. The lowest BCUT2D eigenvalue weighted by atomic mass is 10.2. The van der Waals surface area contributed by atoms with Gasteiger partial charge in [0.05, 0.1) is 4.92 Å². The zero-order chi connectivity index (χ0) is 18.6. The second kappa shape index (κ2) is 7.38. The third kappa shape index (κ3) is 4.50. The number of hydrogen-bond donors (Lipinski definition) is 1. The van der Waals surface area contributed by atoms with Crippen LogP contribution < -0.4 is 0 Å². The summed E-state index contributed by atoms with van der Waals surface area (Å²) in [6.07, 6.45) is -1.58. The number of carbonyl (C=O) groups excluding carboxylic acids is 3. The Balaban J connectivity index is 1.99. The number of rotatable bonds is 6. The molecule has 1 fully saturated rings. The van der Waals surface area contributed by atoms with E-state index in [0.29, 0.717) is 15.5 Å². The van der Waals surface area contributed by atoms with Crippen LogP contribution in [0.15, 0.2) is 24.3 Å². The van der Waals surface area contributed by atoms with E-state index in [1.54, 1.807) is 0 Å². The molecule has 132 valence electrons. The van der Waals surface area contributed by atoms with E-state index in [9.17, 15) is 29.3 Å². The number of nitro groups is 1. The molecule has 0 bridgehead atoms. The van der Waals surface area contributed by atoms with Crippen molar-refractivity contribution in [2.75, 3.05) is 6.54 Å². The van der Waals surface area contributed by atoms with E-state index < -0.39 is 35.3 Å². The number of carboxylic acid groups (broad SMARTS) is 1. The van der Waals surface area contributed by atoms with Gasteiger partial charge in [0.25, 0.3) is 17.5 Å². The molecule has 0 unspecified atom stereocenters. The number of imide groups is 1. The van der Waals surface area contributed by atoms with E-state index in [-0.39, 0.29) is 25.1 Å². The lowest BCUT2D eigenvalue weighted by Crippen LogP contribution is -2.39. The lowest BCUT2D eigenvalue weighted by Gasteiger charge is -2.19. The molecule has 1 aromatic carbocycles. The minimum Gasteiger partial charge on any atom is -0.465 e. The smallest absolute Gasteiger partial charge is 0.408 e. The van der Waals surface area contributed by atoms with Crippen LogP contribution in [0.1, 0.15) is 18.4 Å². The number of hydrogen-bond acceptors (Lipinski definition) is 7. The molecular formula is C14H13N3O8. The van der Waals surface area contributed by atoms with E-state index in [1.807, 2.05) is 0 Å². The van der Waals surface area contributed by atoms with Crippen LogP contribution >= 0.6 is 0 Å². The molecule has 0 radical (unpaired) electrons. The van der Waals surface area contributed by atoms with Gasteiger partial charge < -0.3 is 9.94 Å². The van der Waals surface area contributed by atoms with Gasteiger partial charge in [0.2, 0.25) is 0 Å². The SMILES string of the molecule is O=C(CN(Cc1ccc([N+](=O)[O-])cc1)C(=O)O)ON1C(=O)CCC1=O. The molecule has 0 spiro atoms. The van der Waals surface area contributed by atoms with Crippen LogP contribution in [0.3, 0.4) is 0 Å². The third-order valence-corrected chi connectivity index (χ3v) is 3.31. The third-order valence-electron chi connectivity index (χ3n) is 3.31. The average Bonchev–Trinajstić information content (AvgIpc) is 2.86. The van der Waals surface area contributed by atoms with E-state index in [0.717, 1.165) is 0 Å². The molecule has 1 N–H and O–H groups in total. The highest BCUT2D eigenvalue weighted by Crippen LogP contribution is 2.15. The van der Waals surface area contributed by atoms with Crippen molar-refractivity contribution in [2.45, 2.75) is 19.4 Å². The van der Waals surface area contributed by atoms with Gasteiger partial charge in [-0.3, -0.25) is 24.6 Å². The van der Waals surface area contributed by atoms with Gasteiger partial charge in [-0.15, -0.1) is 5.06 Å². The predicted octanol–water partition coefficient (Wildman–Crippen LogP) is 0.682. The van der Waals surface area contributed by atoms with Gasteiger partial charge >= 0.3 is 12.1 Å². The fourth-order valence-electron chi connectivity index (χ4n) is 2.08. The van der Waals surface area contributed by atoms with Crippen molar-refractivity contribution in [3.8, 4) is 0 Å². The largest absolute Gasteiger partial charge is 0.465 e. The summed E-state index contributed by atoms with van der Waals surface area (Å²) in [4.78, 5) is 61.0. The highest BCUT2D eigenvalue weighted by Gasteiger charge is 2.33. The molecule has 1 aliphatic heterocycles. The second-order valence-corrected chi connectivity index (χ2v) is 5.11. The van der Waals surface area contributed by atoms with Gasteiger partial charge in [0.15, 0.2) is 0 Å². The molecule has 11 heteroatoms. The molecule has 25 heavy (non-hydrogen) atoms. The molecular weight excluding hydrogens is 338 g/mol. The van der Waals surface area contributed by atoms with Crippen LogP contribution in [-0.4, -0.2) is 50.4 Å². The van der Waals surface area contributed by atoms with Crippen molar-refractivity contribution >= 4 is 29.6 Å². The standard InChI is InChI=1S/C14H13N3O8/c18-11-5-6-12(19)16(11)25-13(20)8-15(14(21)22)7-9-1-3-10(4-2-9)17(23)24/h1-4H,5-8H2,(H,21,22). The minimum absolute atomic E-state index is 0.0719. The average molecular weight is 351 g/mol. The Morgan fingerprint density at radius 3 is 2.24 bits per heavy atom. The van der Waals surface area contributed by atoms with Crippen molar-refractivity contribution in [1.82, 2.24) is 9.96 Å². The van der Waals surface area contributed by atoms with Crippen LogP contribution in [0.4, 0.5) is 10.5 Å². The second-order valence-electron chi connectivity index (χ2n) is 5.11. The summed E-state index contributed by atoms with van der Waals surface area (Å²) in [6.45, 7) is -0.951. The zero-order valence-corrected chi connectivity index (χ0v) is 12.8. The molecule has 0 saturated carbocycles. The van der Waals surface area contributed by atoms with Gasteiger partial charge in [-0.25, -0.2) is 9.59 Å². The number of non-ortho nitro benzene ring substituents is 1. The molecule has 0 aromatic heterocycles. The molecule has 1 aromatic rings. The topological polar surface area (TPSA) is 147 Å². The summed E-state index contributed by atoms with van der Waals surface area (Å²) in [5.41, 5.74) is 0.255. The summed E-state index contributed by atoms with van der Waals surface area (Å²) in [5.74, 6) is -2.43. The minimum atomic E-state index is -1.44. The first-order chi connectivity index (χ1) is 11.8. The van der Waals surface area contributed by atoms with Crippen molar-refractivity contribution in [3.63, 3.8) is 0 Å². The van der Waals surface area contributed by atoms with Gasteiger partial charge in [-0.2, -0.15) is 0 Å². The molecule has 11 nitrogen and oxygen atoms in total. The number of carbonyl (C=O) groups is 4. The Morgan fingerprint density at radius 1 is 1.20 bits per heavy atom. The first-order valence-corrected chi connectivity index (χ1v) is 7.05. The van der Waals surface area contributed by atoms with Crippen LogP contribution in [0.5, 0.6) is 0 Å². The molecule has 0 aliphatic carbocycles. The van der Waals surface area contributed by atoms with E-state index in [2.05, 4.69) is 4.84 Å². The summed E-state index contributed by atoms with van der Waals surface area (Å²) < 4.78 is 0. The fourth-order valence-corrected chi connectivity index (χ4v) is 2.08. The monoisotopic (exact) mass is 351 g/mol. The molecule has 3 amide bonds. The first kappa shape index (κ1) is 17.8. The molecule has 1 saturated heterocycles. The number of benzene rings is 1. The van der Waals surface area contributed by atoms with E-state index in [1.165, 1.54) is 24.3 Å². The number of hydroxylamine groups is 2. The maximum absolute atomic E-state index is 11.8. The maximum Gasteiger partial charge on any atom is 0.408 e. The van der Waals surface area contributed by atoms with Gasteiger partial charge in [-0.1, -0.05) is 12.1 Å². The first-order valence-electron chi connectivity index (χ1n) is 7.05. The van der Waals surface area contributed by atoms with Gasteiger partial charge in [-0.05, 0) is 5.56 Å². The van der Waals surface area contributed by atoms with Crippen LogP contribution in [0.25, 0.3) is 0 Å². The van der Waals surface area contributed by atoms with Crippen molar-refractivity contribution < 1.29 is 34.0 Å². The Bertz CT molecular complexity index is 714. The quantitative estimate of drug-likeness (QED) is 0.447. The van der Waals surface area contributed by atoms with E-state index >= 15 is 0 Å². The predicted molar refractivity (Wildman–Crippen MR) is 78.7 cm³/mol. The Morgan fingerprint density at radius 2 is 1.76 bits per heavy atom. The Kier molecular flexibility index (Phi) is 5.27. The van der Waals surface area contributed by atoms with Gasteiger partial charge in [0, 0.05) is 31.5 Å². The lowest BCUT2D eigenvalue weighted by molar-refractivity contribution is -0.384. The summed E-state index contributed by atoms with van der Waals surface area (Å²) in [6, 6.07) is 5.12. The summed E-state index contributed by atoms with van der Waals surface area (Å²) in [7, 11) is 0. The van der Waals surface area contributed by atoms with Crippen LogP contribution in [-0.2, 0) is 25.8 Å². The molecule has 1 heterocycles. The number of nitro benzene ring substituents is 1. The molecule has 2 rings (SSSR count). The Labute approximate surface area is 140 Å². The molecule has 1 aliphatic rings. The number of amides is 3. The van der Waals surface area contributed by atoms with Crippen LogP contribution in [0.2, 0.25) is 0 Å². The zero-order valence-electron chi connectivity index (χ0n) is 12.8. The Hall–Kier alpha value is -3.50. The van der Waals surface area contributed by atoms with Crippen LogP contribution in [0, 0.1) is 10.1 Å². The normalized spacial score (nSPS) is 13.7. The summed E-state index contributed by atoms with van der Waals surface area (Å²) in [5, 5.41) is 20.1. The van der Waals surface area contributed by atoms with E-state index in [4.69, 9.17) is 5.11 Å². The highest BCUT2D eigenvalue weighted by atomic mass is 16.7. The number of nitrogens with zero attached hydrogens (tertiary/aromatic N) is 3. The highest BCUT2D eigenvalue weighted by molar-refractivity contribution is 6.01. The van der Waals surface area contributed by atoms with Crippen molar-refractivity contribution in [1.29, 1.82) is 0 Å². The fraction of sp³-hybridized carbons (Fsp3) is 0.286. The van der Waals surface area contributed by atoms with Gasteiger partial charge in [0.1, 0.15) is 6.54 Å². The maximum atomic E-state index is 11.8. The van der Waals surface area contributed by atoms with Crippen molar-refractivity contribution in [2.24, 2.45) is 0 Å². The van der Waals surface area contributed by atoms with Crippen molar-refractivity contribution in [3.05, 3.63) is 39.9 Å².